The molecular formula is C9H11N5O2S. The van der Waals surface area contributed by atoms with Crippen molar-refractivity contribution in [2.75, 3.05) is 12.8 Å². The second-order valence-electron chi connectivity index (χ2n) is 3.19. The molecule has 0 atom stereocenters. The van der Waals surface area contributed by atoms with Crippen molar-refractivity contribution in [1.29, 1.82) is 0 Å². The number of aryl methyl sites for hydroxylation is 2. The van der Waals surface area contributed by atoms with E-state index < -0.39 is 0 Å². The Morgan fingerprint density at radius 2 is 1.94 bits per heavy atom. The SMILES string of the molecule is COc1nc(N)nc(Sc2nc(C)c(C)o2)n1. The van der Waals surface area contributed by atoms with Crippen molar-refractivity contribution < 1.29 is 9.15 Å². The first-order valence-corrected chi connectivity index (χ1v) is 5.57. The van der Waals surface area contributed by atoms with Crippen molar-refractivity contribution in [1.82, 2.24) is 19.9 Å². The highest BCUT2D eigenvalue weighted by Crippen LogP contribution is 2.26. The van der Waals surface area contributed by atoms with Gasteiger partial charge in [-0.1, -0.05) is 0 Å². The molecule has 0 fully saturated rings. The first kappa shape index (κ1) is 11.6. The van der Waals surface area contributed by atoms with Crippen LogP contribution in [0.3, 0.4) is 0 Å². The van der Waals surface area contributed by atoms with Crippen molar-refractivity contribution >= 4 is 17.7 Å². The molecule has 0 radical (unpaired) electrons. The molecule has 8 heteroatoms. The fourth-order valence-corrected chi connectivity index (χ4v) is 1.82. The second-order valence-corrected chi connectivity index (χ2v) is 4.10. The Balaban J connectivity index is 2.26. The predicted molar refractivity (Wildman–Crippen MR) is 60.9 cm³/mol. The number of nitrogens with zero attached hydrogens (tertiary/aromatic N) is 4. The molecular weight excluding hydrogens is 242 g/mol. The molecule has 0 saturated carbocycles. The van der Waals surface area contributed by atoms with E-state index in [0.717, 1.165) is 11.5 Å². The van der Waals surface area contributed by atoms with Gasteiger partial charge in [-0.2, -0.15) is 15.0 Å². The van der Waals surface area contributed by atoms with E-state index in [4.69, 9.17) is 14.9 Å². The van der Waals surface area contributed by atoms with Crippen LogP contribution in [0, 0.1) is 13.8 Å². The van der Waals surface area contributed by atoms with Crippen LogP contribution in [0.15, 0.2) is 14.8 Å². The molecule has 0 amide bonds. The van der Waals surface area contributed by atoms with E-state index in [2.05, 4.69) is 19.9 Å². The van der Waals surface area contributed by atoms with Gasteiger partial charge in [0.2, 0.25) is 11.1 Å². The smallest absolute Gasteiger partial charge is 0.321 e. The number of ether oxygens (including phenoxy) is 1. The van der Waals surface area contributed by atoms with Crippen molar-refractivity contribution in [2.24, 2.45) is 0 Å². The number of aromatic nitrogens is 4. The monoisotopic (exact) mass is 253 g/mol. The molecule has 17 heavy (non-hydrogen) atoms. The van der Waals surface area contributed by atoms with Gasteiger partial charge in [0.15, 0.2) is 0 Å². The van der Waals surface area contributed by atoms with Gasteiger partial charge < -0.3 is 14.9 Å². The summed E-state index contributed by atoms with van der Waals surface area (Å²) in [6, 6.07) is 0.167. The molecule has 2 aromatic rings. The quantitative estimate of drug-likeness (QED) is 0.871. The van der Waals surface area contributed by atoms with Gasteiger partial charge in [-0.3, -0.25) is 0 Å². The van der Waals surface area contributed by atoms with Gasteiger partial charge in [-0.15, -0.1) is 0 Å². The van der Waals surface area contributed by atoms with Crippen molar-refractivity contribution in [3.8, 4) is 6.01 Å². The van der Waals surface area contributed by atoms with E-state index >= 15 is 0 Å². The van der Waals surface area contributed by atoms with Crippen molar-refractivity contribution in [3.63, 3.8) is 0 Å². The lowest BCUT2D eigenvalue weighted by Gasteiger charge is -2.00. The molecule has 2 heterocycles. The number of anilines is 1. The van der Waals surface area contributed by atoms with Gasteiger partial charge in [-0.25, -0.2) is 4.98 Å². The van der Waals surface area contributed by atoms with Crippen LogP contribution in [-0.4, -0.2) is 27.0 Å². The maximum absolute atomic E-state index is 5.52. The Morgan fingerprint density at radius 3 is 2.53 bits per heavy atom. The first-order valence-electron chi connectivity index (χ1n) is 4.76. The molecule has 0 aliphatic heterocycles. The van der Waals surface area contributed by atoms with Crippen LogP contribution in [0.2, 0.25) is 0 Å². The minimum Gasteiger partial charge on any atom is -0.467 e. The number of rotatable bonds is 3. The normalized spacial score (nSPS) is 10.5. The number of methoxy groups -OCH3 is 1. The Bertz CT molecular complexity index is 523. The summed E-state index contributed by atoms with van der Waals surface area (Å²) in [5.74, 6) is 0.862. The van der Waals surface area contributed by atoms with E-state index in [-0.39, 0.29) is 12.0 Å². The highest BCUT2D eigenvalue weighted by Gasteiger charge is 2.11. The average molecular weight is 253 g/mol. The molecule has 2 aromatic heterocycles. The Hall–Kier alpha value is -1.83. The largest absolute Gasteiger partial charge is 0.467 e. The average Bonchev–Trinajstić information content (AvgIpc) is 2.57. The number of oxazole rings is 1. The molecule has 0 bridgehead atoms. The molecule has 0 spiro atoms. The van der Waals surface area contributed by atoms with Gasteiger partial charge in [-0.05, 0) is 13.8 Å². The third-order valence-electron chi connectivity index (χ3n) is 1.98. The van der Waals surface area contributed by atoms with E-state index in [0.29, 0.717) is 10.4 Å². The van der Waals surface area contributed by atoms with E-state index in [9.17, 15) is 0 Å². The molecule has 0 unspecified atom stereocenters. The molecule has 2 rings (SSSR count). The van der Waals surface area contributed by atoms with Gasteiger partial charge in [0, 0.05) is 11.8 Å². The van der Waals surface area contributed by atoms with Crippen LogP contribution in [-0.2, 0) is 0 Å². The van der Waals surface area contributed by atoms with Crippen LogP contribution in [0.1, 0.15) is 11.5 Å². The zero-order valence-corrected chi connectivity index (χ0v) is 10.4. The molecule has 0 aliphatic carbocycles. The summed E-state index contributed by atoms with van der Waals surface area (Å²) < 4.78 is 10.3. The summed E-state index contributed by atoms with van der Waals surface area (Å²) in [6.45, 7) is 3.71. The zero-order valence-electron chi connectivity index (χ0n) is 9.59. The number of nitrogen functional groups attached to an aromatic ring is 1. The fraction of sp³-hybridized carbons (Fsp3) is 0.333. The van der Waals surface area contributed by atoms with Gasteiger partial charge in [0.1, 0.15) is 5.76 Å². The summed E-state index contributed by atoms with van der Waals surface area (Å²) in [6.07, 6.45) is 0. The molecule has 7 nitrogen and oxygen atoms in total. The van der Waals surface area contributed by atoms with Crippen LogP contribution in [0.5, 0.6) is 6.01 Å². The molecule has 90 valence electrons. The highest BCUT2D eigenvalue weighted by atomic mass is 32.2. The minimum atomic E-state index is 0.0966. The third kappa shape index (κ3) is 2.64. The Kier molecular flexibility index (Phi) is 3.14. The van der Waals surface area contributed by atoms with Crippen molar-refractivity contribution in [2.45, 2.75) is 24.2 Å². The second kappa shape index (κ2) is 4.58. The summed E-state index contributed by atoms with van der Waals surface area (Å²) in [5, 5.41) is 0.850. The van der Waals surface area contributed by atoms with Crippen LogP contribution < -0.4 is 10.5 Å². The van der Waals surface area contributed by atoms with E-state index in [1.807, 2.05) is 13.8 Å². The number of hydrogen-bond acceptors (Lipinski definition) is 8. The number of nitrogens with two attached hydrogens (primary N) is 1. The van der Waals surface area contributed by atoms with Crippen LogP contribution in [0.4, 0.5) is 5.95 Å². The fourth-order valence-electron chi connectivity index (χ4n) is 1.05. The topological polar surface area (TPSA) is 100.0 Å². The zero-order chi connectivity index (χ0) is 12.4. The summed E-state index contributed by atoms with van der Waals surface area (Å²) in [4.78, 5) is 16.0. The van der Waals surface area contributed by atoms with E-state index in [1.54, 1.807) is 0 Å². The molecule has 2 N–H and O–H groups in total. The Morgan fingerprint density at radius 1 is 1.18 bits per heavy atom. The summed E-state index contributed by atoms with van der Waals surface area (Å²) in [5.41, 5.74) is 6.35. The predicted octanol–water partition coefficient (Wildman–Crippen LogP) is 1.22. The van der Waals surface area contributed by atoms with E-state index in [1.165, 1.54) is 18.9 Å². The van der Waals surface area contributed by atoms with Crippen molar-refractivity contribution in [3.05, 3.63) is 11.5 Å². The lowest BCUT2D eigenvalue weighted by molar-refractivity contribution is 0.373. The molecule has 0 saturated heterocycles. The Labute approximate surface area is 102 Å². The lowest BCUT2D eigenvalue weighted by Crippen LogP contribution is -2.01. The van der Waals surface area contributed by atoms with Crippen LogP contribution in [0.25, 0.3) is 0 Å². The lowest BCUT2D eigenvalue weighted by atomic mass is 10.4. The molecule has 0 aliphatic rings. The van der Waals surface area contributed by atoms with Crippen LogP contribution >= 0.6 is 11.8 Å². The minimum absolute atomic E-state index is 0.0966. The summed E-state index contributed by atoms with van der Waals surface area (Å²) >= 11 is 1.17. The van der Waals surface area contributed by atoms with Gasteiger partial charge >= 0.3 is 6.01 Å². The maximum Gasteiger partial charge on any atom is 0.321 e. The maximum atomic E-state index is 5.52. The van der Waals surface area contributed by atoms with Gasteiger partial charge in [0.25, 0.3) is 5.22 Å². The van der Waals surface area contributed by atoms with Gasteiger partial charge in [0.05, 0.1) is 12.8 Å². The molecule has 0 aromatic carbocycles. The number of hydrogen-bond donors (Lipinski definition) is 1. The highest BCUT2D eigenvalue weighted by molar-refractivity contribution is 7.98. The standard InChI is InChI=1S/C9H11N5O2S/c1-4-5(2)16-9(11-4)17-8-13-6(10)12-7(14-8)15-3/h1-3H3,(H2,10,12,13,14). The summed E-state index contributed by atoms with van der Waals surface area (Å²) in [7, 11) is 1.46. The third-order valence-corrected chi connectivity index (χ3v) is 2.70. The first-order chi connectivity index (χ1) is 8.08.